The maximum atomic E-state index is 11.6. The number of rotatable bonds is 3. The van der Waals surface area contributed by atoms with Gasteiger partial charge in [0.2, 0.25) is 0 Å². The number of hydrogen-bond donors (Lipinski definition) is 0. The normalized spacial score (nSPS) is 10.1. The van der Waals surface area contributed by atoms with E-state index >= 15 is 0 Å². The number of methoxy groups -OCH3 is 1. The lowest BCUT2D eigenvalue weighted by Gasteiger charge is -2.07. The van der Waals surface area contributed by atoms with Gasteiger partial charge in [-0.15, -0.1) is 0 Å². The molecule has 2 aromatic rings. The van der Waals surface area contributed by atoms with Crippen molar-refractivity contribution in [2.75, 3.05) is 7.11 Å². The zero-order chi connectivity index (χ0) is 13.1. The van der Waals surface area contributed by atoms with E-state index in [4.69, 9.17) is 9.15 Å². The molecule has 92 valence electrons. The van der Waals surface area contributed by atoms with Crippen LogP contribution in [0.15, 0.2) is 34.7 Å². The summed E-state index contributed by atoms with van der Waals surface area (Å²) < 4.78 is 10.1. The van der Waals surface area contributed by atoms with Crippen LogP contribution in [0.3, 0.4) is 0 Å². The summed E-state index contributed by atoms with van der Waals surface area (Å²) in [5, 5.41) is 0. The number of esters is 1. The Balaban J connectivity index is 2.51. The molecule has 4 nitrogen and oxygen atoms in total. The Morgan fingerprint density at radius 2 is 2.06 bits per heavy atom. The van der Waals surface area contributed by atoms with Crippen LogP contribution < -0.4 is 0 Å². The fraction of sp³-hybridized carbons (Fsp3) is 0.143. The van der Waals surface area contributed by atoms with Crippen LogP contribution in [-0.4, -0.2) is 19.4 Å². The maximum absolute atomic E-state index is 11.6. The largest absolute Gasteiger partial charge is 0.465 e. The molecule has 0 aliphatic heterocycles. The van der Waals surface area contributed by atoms with Crippen LogP contribution in [-0.2, 0) is 4.74 Å². The van der Waals surface area contributed by atoms with Gasteiger partial charge in [-0.25, -0.2) is 4.79 Å². The third-order valence-corrected chi connectivity index (χ3v) is 2.75. The summed E-state index contributed by atoms with van der Waals surface area (Å²) in [4.78, 5) is 22.2. The second-order valence-corrected chi connectivity index (χ2v) is 3.79. The van der Waals surface area contributed by atoms with Crippen molar-refractivity contribution < 1.29 is 18.7 Å². The monoisotopic (exact) mass is 244 g/mol. The molecular weight excluding hydrogens is 232 g/mol. The van der Waals surface area contributed by atoms with Crippen LogP contribution in [0, 0.1) is 6.92 Å². The molecule has 0 unspecified atom stereocenters. The zero-order valence-electron chi connectivity index (χ0n) is 10.1. The molecule has 0 atom stereocenters. The number of hydrogen-bond acceptors (Lipinski definition) is 4. The minimum atomic E-state index is -0.392. The van der Waals surface area contributed by atoms with Crippen molar-refractivity contribution in [1.29, 1.82) is 0 Å². The van der Waals surface area contributed by atoms with Crippen LogP contribution in [0.5, 0.6) is 0 Å². The number of carbonyl (C=O) groups excluding carboxylic acids is 2. The van der Waals surface area contributed by atoms with Crippen molar-refractivity contribution >= 4 is 12.3 Å². The minimum Gasteiger partial charge on any atom is -0.465 e. The summed E-state index contributed by atoms with van der Waals surface area (Å²) in [6, 6.07) is 8.56. The number of furan rings is 1. The van der Waals surface area contributed by atoms with Crippen LogP contribution >= 0.6 is 0 Å². The van der Waals surface area contributed by atoms with Crippen LogP contribution in [0.25, 0.3) is 11.3 Å². The molecule has 18 heavy (non-hydrogen) atoms. The van der Waals surface area contributed by atoms with Crippen LogP contribution in [0.2, 0.25) is 0 Å². The van der Waals surface area contributed by atoms with E-state index in [0.717, 1.165) is 11.1 Å². The summed E-state index contributed by atoms with van der Waals surface area (Å²) in [5.74, 6) is 0.421. The van der Waals surface area contributed by atoms with Crippen LogP contribution in [0.4, 0.5) is 0 Å². The summed E-state index contributed by atoms with van der Waals surface area (Å²) in [6.45, 7) is 1.81. The summed E-state index contributed by atoms with van der Waals surface area (Å²) >= 11 is 0. The van der Waals surface area contributed by atoms with E-state index in [1.54, 1.807) is 24.3 Å². The summed E-state index contributed by atoms with van der Waals surface area (Å²) in [7, 11) is 1.34. The first kappa shape index (κ1) is 12.1. The molecule has 0 saturated heterocycles. The highest BCUT2D eigenvalue weighted by Crippen LogP contribution is 2.27. The molecule has 0 fully saturated rings. The molecule has 0 radical (unpaired) electrons. The average Bonchev–Trinajstić information content (AvgIpc) is 2.86. The van der Waals surface area contributed by atoms with E-state index in [2.05, 4.69) is 0 Å². The van der Waals surface area contributed by atoms with E-state index < -0.39 is 5.97 Å². The molecular formula is C14H12O4. The molecule has 0 spiro atoms. The van der Waals surface area contributed by atoms with Gasteiger partial charge in [-0.2, -0.15) is 0 Å². The lowest BCUT2D eigenvalue weighted by molar-refractivity contribution is 0.0600. The number of ether oxygens (including phenoxy) is 1. The van der Waals surface area contributed by atoms with Crippen molar-refractivity contribution in [1.82, 2.24) is 0 Å². The van der Waals surface area contributed by atoms with E-state index in [1.165, 1.54) is 7.11 Å². The first-order chi connectivity index (χ1) is 8.67. The molecule has 4 heteroatoms. The van der Waals surface area contributed by atoms with Gasteiger partial charge in [-0.3, -0.25) is 4.79 Å². The first-order valence-electron chi connectivity index (χ1n) is 5.40. The highest BCUT2D eigenvalue weighted by atomic mass is 16.5. The molecule has 0 saturated carbocycles. The summed E-state index contributed by atoms with van der Waals surface area (Å²) in [5.41, 5.74) is 2.02. The standard InChI is InChI=1S/C14H12O4/c1-9-11(13-7-6-10(8-15)18-13)4-3-5-12(9)14(16)17-2/h3-8H,1-2H3. The van der Waals surface area contributed by atoms with Gasteiger partial charge in [0.1, 0.15) is 5.76 Å². The molecule has 0 aliphatic carbocycles. The number of carbonyl (C=O) groups is 2. The van der Waals surface area contributed by atoms with Gasteiger partial charge in [0.05, 0.1) is 12.7 Å². The molecule has 2 rings (SSSR count). The molecule has 1 aromatic carbocycles. The number of benzene rings is 1. The van der Waals surface area contributed by atoms with E-state index in [0.29, 0.717) is 17.6 Å². The van der Waals surface area contributed by atoms with Crippen molar-refractivity contribution in [3.63, 3.8) is 0 Å². The maximum Gasteiger partial charge on any atom is 0.338 e. The van der Waals surface area contributed by atoms with Gasteiger partial charge in [0, 0.05) is 5.56 Å². The smallest absolute Gasteiger partial charge is 0.338 e. The Kier molecular flexibility index (Phi) is 3.28. The lowest BCUT2D eigenvalue weighted by Crippen LogP contribution is -2.04. The topological polar surface area (TPSA) is 56.5 Å². The van der Waals surface area contributed by atoms with Gasteiger partial charge in [-0.1, -0.05) is 12.1 Å². The zero-order valence-corrected chi connectivity index (χ0v) is 10.1. The Bertz CT molecular complexity index is 596. The Morgan fingerprint density at radius 3 is 2.67 bits per heavy atom. The van der Waals surface area contributed by atoms with Crippen LogP contribution in [0.1, 0.15) is 26.5 Å². The molecule has 0 bridgehead atoms. The highest BCUT2D eigenvalue weighted by Gasteiger charge is 2.14. The SMILES string of the molecule is COC(=O)c1cccc(-c2ccc(C=O)o2)c1C. The second-order valence-electron chi connectivity index (χ2n) is 3.79. The number of aldehydes is 1. The van der Waals surface area contributed by atoms with E-state index in [9.17, 15) is 9.59 Å². The van der Waals surface area contributed by atoms with E-state index in [1.807, 2.05) is 13.0 Å². The lowest BCUT2D eigenvalue weighted by atomic mass is 10.0. The van der Waals surface area contributed by atoms with Crippen molar-refractivity contribution in [2.24, 2.45) is 0 Å². The third-order valence-electron chi connectivity index (χ3n) is 2.75. The Morgan fingerprint density at radius 1 is 1.28 bits per heavy atom. The quantitative estimate of drug-likeness (QED) is 0.615. The minimum absolute atomic E-state index is 0.257. The highest BCUT2D eigenvalue weighted by molar-refractivity contribution is 5.93. The van der Waals surface area contributed by atoms with Gasteiger partial charge in [0.15, 0.2) is 12.0 Å². The molecule has 1 heterocycles. The van der Waals surface area contributed by atoms with Crippen molar-refractivity contribution in [3.8, 4) is 11.3 Å². The second kappa shape index (κ2) is 4.87. The molecule has 0 amide bonds. The van der Waals surface area contributed by atoms with Gasteiger partial charge in [0.25, 0.3) is 0 Å². The molecule has 0 aliphatic rings. The molecule has 1 aromatic heterocycles. The predicted molar refractivity (Wildman–Crippen MR) is 65.6 cm³/mol. The van der Waals surface area contributed by atoms with Crippen molar-refractivity contribution in [3.05, 3.63) is 47.2 Å². The first-order valence-corrected chi connectivity index (χ1v) is 5.40. The fourth-order valence-corrected chi connectivity index (χ4v) is 1.79. The average molecular weight is 244 g/mol. The Labute approximate surface area is 104 Å². The fourth-order valence-electron chi connectivity index (χ4n) is 1.79. The van der Waals surface area contributed by atoms with Gasteiger partial charge < -0.3 is 9.15 Å². The van der Waals surface area contributed by atoms with Crippen molar-refractivity contribution in [2.45, 2.75) is 6.92 Å². The van der Waals surface area contributed by atoms with Gasteiger partial charge in [-0.05, 0) is 30.7 Å². The van der Waals surface area contributed by atoms with Gasteiger partial charge >= 0.3 is 5.97 Å². The van der Waals surface area contributed by atoms with E-state index in [-0.39, 0.29) is 5.76 Å². The Hall–Kier alpha value is -2.36. The summed E-state index contributed by atoms with van der Waals surface area (Å²) in [6.07, 6.45) is 0.642. The third kappa shape index (κ3) is 2.05. The molecule has 0 N–H and O–H groups in total. The predicted octanol–water partition coefficient (Wildman–Crippen LogP) is 2.85.